The lowest BCUT2D eigenvalue weighted by molar-refractivity contribution is -0.137. The Hall–Kier alpha value is -2.08. The number of ether oxygens (including phenoxy) is 1. The second-order valence-electron chi connectivity index (χ2n) is 3.82. The van der Waals surface area contributed by atoms with E-state index in [9.17, 15) is 18.0 Å². The summed E-state index contributed by atoms with van der Waals surface area (Å²) >= 11 is 5.76. The molecule has 0 aliphatic heterocycles. The van der Waals surface area contributed by atoms with Gasteiger partial charge in [0.15, 0.2) is 0 Å². The molecular formula is C13H7ClF3NO2. The number of aromatic nitrogens is 1. The third kappa shape index (κ3) is 3.48. The molecule has 1 aromatic heterocycles. The maximum absolute atomic E-state index is 12.5. The molecule has 0 radical (unpaired) electrons. The van der Waals surface area contributed by atoms with E-state index in [2.05, 4.69) is 4.98 Å². The third-order valence-electron chi connectivity index (χ3n) is 2.31. The number of alkyl halides is 3. The maximum Gasteiger partial charge on any atom is 0.416 e. The minimum absolute atomic E-state index is 0.131. The standard InChI is InChI=1S/C13H7ClF3NO2/c14-10-3-8(7-19)4-11(6-10)20-12-5-9(1-2-18-12)13(15,16)17/h1-7H. The lowest BCUT2D eigenvalue weighted by Gasteiger charge is -2.09. The average molecular weight is 302 g/mol. The van der Waals surface area contributed by atoms with Crippen LogP contribution in [0.15, 0.2) is 36.5 Å². The molecular weight excluding hydrogens is 295 g/mol. The second-order valence-corrected chi connectivity index (χ2v) is 4.26. The Morgan fingerprint density at radius 1 is 1.20 bits per heavy atom. The number of hydrogen-bond donors (Lipinski definition) is 0. The predicted molar refractivity (Wildman–Crippen MR) is 66.2 cm³/mol. The molecule has 0 N–H and O–H groups in total. The van der Waals surface area contributed by atoms with Crippen molar-refractivity contribution in [3.63, 3.8) is 0 Å². The fraction of sp³-hybridized carbons (Fsp3) is 0.0769. The molecule has 0 amide bonds. The summed E-state index contributed by atoms with van der Waals surface area (Å²) in [5.74, 6) is -0.106. The molecule has 0 atom stereocenters. The van der Waals surface area contributed by atoms with Crippen molar-refractivity contribution in [2.24, 2.45) is 0 Å². The summed E-state index contributed by atoms with van der Waals surface area (Å²) in [5, 5.41) is 0.233. The highest BCUT2D eigenvalue weighted by Crippen LogP contribution is 2.32. The van der Waals surface area contributed by atoms with Gasteiger partial charge in [-0.25, -0.2) is 4.98 Å². The molecule has 0 bridgehead atoms. The zero-order chi connectivity index (χ0) is 14.8. The number of carbonyl (C=O) groups is 1. The van der Waals surface area contributed by atoms with Crippen LogP contribution in [0.3, 0.4) is 0 Å². The van der Waals surface area contributed by atoms with Gasteiger partial charge in [0.25, 0.3) is 0 Å². The first-order chi connectivity index (χ1) is 9.38. The lowest BCUT2D eigenvalue weighted by Crippen LogP contribution is -2.05. The van der Waals surface area contributed by atoms with E-state index in [0.717, 1.165) is 18.3 Å². The molecule has 2 aromatic rings. The van der Waals surface area contributed by atoms with Crippen molar-refractivity contribution >= 4 is 17.9 Å². The minimum atomic E-state index is -4.48. The lowest BCUT2D eigenvalue weighted by atomic mass is 10.2. The Bertz CT molecular complexity index is 644. The zero-order valence-corrected chi connectivity index (χ0v) is 10.6. The van der Waals surface area contributed by atoms with Gasteiger partial charge in [-0.05, 0) is 24.3 Å². The molecule has 0 saturated heterocycles. The average Bonchev–Trinajstić information content (AvgIpc) is 2.37. The highest BCUT2D eigenvalue weighted by atomic mass is 35.5. The van der Waals surface area contributed by atoms with Crippen molar-refractivity contribution in [1.82, 2.24) is 4.98 Å². The van der Waals surface area contributed by atoms with Crippen molar-refractivity contribution in [1.29, 1.82) is 0 Å². The van der Waals surface area contributed by atoms with Crippen molar-refractivity contribution in [3.8, 4) is 11.6 Å². The minimum Gasteiger partial charge on any atom is -0.439 e. The highest BCUT2D eigenvalue weighted by molar-refractivity contribution is 6.31. The Kier molecular flexibility index (Phi) is 3.94. The molecule has 0 aliphatic carbocycles. The molecule has 3 nitrogen and oxygen atoms in total. The van der Waals surface area contributed by atoms with Gasteiger partial charge in [-0.15, -0.1) is 0 Å². The topological polar surface area (TPSA) is 39.2 Å². The van der Waals surface area contributed by atoms with Crippen LogP contribution in [0, 0.1) is 0 Å². The summed E-state index contributed by atoms with van der Waals surface area (Å²) in [6, 6.07) is 5.72. The van der Waals surface area contributed by atoms with Crippen LogP contribution in [0.4, 0.5) is 13.2 Å². The molecule has 0 saturated carbocycles. The normalized spacial score (nSPS) is 11.2. The maximum atomic E-state index is 12.5. The molecule has 20 heavy (non-hydrogen) atoms. The molecule has 0 spiro atoms. The third-order valence-corrected chi connectivity index (χ3v) is 2.53. The van der Waals surface area contributed by atoms with Crippen LogP contribution in [0.25, 0.3) is 0 Å². The van der Waals surface area contributed by atoms with E-state index in [4.69, 9.17) is 16.3 Å². The van der Waals surface area contributed by atoms with Gasteiger partial charge in [-0.1, -0.05) is 11.6 Å². The quantitative estimate of drug-likeness (QED) is 0.791. The fourth-order valence-corrected chi connectivity index (χ4v) is 1.71. The largest absolute Gasteiger partial charge is 0.439 e. The van der Waals surface area contributed by atoms with Gasteiger partial charge in [0, 0.05) is 22.8 Å². The summed E-state index contributed by atoms with van der Waals surface area (Å²) in [4.78, 5) is 14.4. The molecule has 2 rings (SSSR count). The van der Waals surface area contributed by atoms with Gasteiger partial charge in [-0.3, -0.25) is 4.79 Å². The van der Waals surface area contributed by atoms with Crippen LogP contribution in [0.2, 0.25) is 5.02 Å². The molecule has 1 heterocycles. The monoisotopic (exact) mass is 301 g/mol. The number of halogens is 4. The van der Waals surface area contributed by atoms with E-state index in [1.165, 1.54) is 18.2 Å². The number of carbonyl (C=O) groups excluding carboxylic acids is 1. The Morgan fingerprint density at radius 2 is 1.95 bits per heavy atom. The Labute approximate surface area is 117 Å². The highest BCUT2D eigenvalue weighted by Gasteiger charge is 2.31. The Balaban J connectivity index is 2.30. The van der Waals surface area contributed by atoms with Crippen molar-refractivity contribution in [2.45, 2.75) is 6.18 Å². The van der Waals surface area contributed by atoms with Crippen LogP contribution in [-0.2, 0) is 6.18 Å². The van der Waals surface area contributed by atoms with Crippen LogP contribution in [0.1, 0.15) is 15.9 Å². The van der Waals surface area contributed by atoms with E-state index in [1.807, 2.05) is 0 Å². The number of pyridine rings is 1. The van der Waals surface area contributed by atoms with Crippen molar-refractivity contribution < 1.29 is 22.7 Å². The van der Waals surface area contributed by atoms with E-state index in [0.29, 0.717) is 6.29 Å². The Morgan fingerprint density at radius 3 is 2.60 bits per heavy atom. The summed E-state index contributed by atoms with van der Waals surface area (Å²) < 4.78 is 42.8. The zero-order valence-electron chi connectivity index (χ0n) is 9.82. The van der Waals surface area contributed by atoms with Crippen LogP contribution in [-0.4, -0.2) is 11.3 Å². The SMILES string of the molecule is O=Cc1cc(Cl)cc(Oc2cc(C(F)(F)F)ccn2)c1. The summed E-state index contributed by atoms with van der Waals surface area (Å²) in [5.41, 5.74) is -0.625. The first-order valence-electron chi connectivity index (χ1n) is 5.35. The van der Waals surface area contributed by atoms with Gasteiger partial charge in [0.05, 0.1) is 5.56 Å². The van der Waals surface area contributed by atoms with E-state index in [-0.39, 0.29) is 22.2 Å². The molecule has 104 valence electrons. The van der Waals surface area contributed by atoms with Gasteiger partial charge < -0.3 is 4.74 Å². The predicted octanol–water partition coefficient (Wildman–Crippen LogP) is 4.36. The van der Waals surface area contributed by atoms with E-state index >= 15 is 0 Å². The molecule has 0 unspecified atom stereocenters. The molecule has 7 heteroatoms. The molecule has 1 aromatic carbocycles. The number of nitrogens with zero attached hydrogens (tertiary/aromatic N) is 1. The van der Waals surface area contributed by atoms with Gasteiger partial charge in [-0.2, -0.15) is 13.2 Å². The van der Waals surface area contributed by atoms with Gasteiger partial charge in [0.1, 0.15) is 12.0 Å². The number of benzene rings is 1. The fourth-order valence-electron chi connectivity index (χ4n) is 1.47. The van der Waals surface area contributed by atoms with Crippen LogP contribution in [0.5, 0.6) is 11.6 Å². The smallest absolute Gasteiger partial charge is 0.416 e. The van der Waals surface area contributed by atoms with Crippen LogP contribution < -0.4 is 4.74 Å². The van der Waals surface area contributed by atoms with Gasteiger partial charge >= 0.3 is 6.18 Å². The summed E-state index contributed by atoms with van der Waals surface area (Å²) in [6.45, 7) is 0. The second kappa shape index (κ2) is 5.50. The van der Waals surface area contributed by atoms with E-state index < -0.39 is 11.7 Å². The summed E-state index contributed by atoms with van der Waals surface area (Å²) in [7, 11) is 0. The van der Waals surface area contributed by atoms with E-state index in [1.54, 1.807) is 0 Å². The number of aldehydes is 1. The van der Waals surface area contributed by atoms with Gasteiger partial charge in [0.2, 0.25) is 5.88 Å². The number of hydrogen-bond acceptors (Lipinski definition) is 3. The van der Waals surface area contributed by atoms with Crippen molar-refractivity contribution in [2.75, 3.05) is 0 Å². The molecule has 0 fully saturated rings. The van der Waals surface area contributed by atoms with Crippen LogP contribution >= 0.6 is 11.6 Å². The van der Waals surface area contributed by atoms with Crippen molar-refractivity contribution in [3.05, 3.63) is 52.7 Å². The summed E-state index contributed by atoms with van der Waals surface area (Å²) in [6.07, 6.45) is -2.94. The first kappa shape index (κ1) is 14.3. The molecule has 0 aliphatic rings. The first-order valence-corrected chi connectivity index (χ1v) is 5.73. The number of rotatable bonds is 3.